The highest BCUT2D eigenvalue weighted by atomic mass is 16.3. The van der Waals surface area contributed by atoms with Gasteiger partial charge in [-0.3, -0.25) is 4.79 Å². The quantitative estimate of drug-likeness (QED) is 0.789. The largest absolute Gasteiger partial charge is 0.461 e. The third kappa shape index (κ3) is 2.36. The van der Waals surface area contributed by atoms with Gasteiger partial charge in [-0.15, -0.1) is 0 Å². The lowest BCUT2D eigenvalue weighted by atomic mass is 10.1. The molecular formula is C17H18N4O2. The van der Waals surface area contributed by atoms with Crippen LogP contribution in [0.25, 0.3) is 11.0 Å². The number of nitrogens with zero attached hydrogens (tertiary/aromatic N) is 3. The molecular weight excluding hydrogens is 292 g/mol. The maximum absolute atomic E-state index is 12.9. The zero-order valence-electron chi connectivity index (χ0n) is 13.0. The topological polar surface area (TPSA) is 65.4 Å². The molecule has 6 heteroatoms. The van der Waals surface area contributed by atoms with Crippen LogP contribution in [0.15, 0.2) is 41.1 Å². The number of fused-ring (bicyclic) bond motifs is 1. The van der Waals surface area contributed by atoms with E-state index in [-0.39, 0.29) is 5.91 Å². The Morgan fingerprint density at radius 1 is 1.22 bits per heavy atom. The summed E-state index contributed by atoms with van der Waals surface area (Å²) in [5.74, 6) is 1.60. The first-order chi connectivity index (χ1) is 11.2. The van der Waals surface area contributed by atoms with Crippen molar-refractivity contribution in [2.24, 2.45) is 0 Å². The van der Waals surface area contributed by atoms with Crippen LogP contribution in [0.2, 0.25) is 0 Å². The highest BCUT2D eigenvalue weighted by Gasteiger charge is 2.27. The van der Waals surface area contributed by atoms with Crippen molar-refractivity contribution in [3.63, 3.8) is 0 Å². The summed E-state index contributed by atoms with van der Waals surface area (Å²) in [6.45, 7) is 4.76. The molecule has 118 valence electrons. The molecule has 0 unspecified atom stereocenters. The fourth-order valence-electron chi connectivity index (χ4n) is 3.14. The number of hydrogen-bond donors (Lipinski definition) is 1. The van der Waals surface area contributed by atoms with Crippen LogP contribution in [0.1, 0.15) is 16.1 Å². The lowest BCUT2D eigenvalue weighted by Gasteiger charge is -2.34. The van der Waals surface area contributed by atoms with E-state index in [2.05, 4.69) is 14.9 Å². The van der Waals surface area contributed by atoms with Crippen LogP contribution in [0.4, 0.5) is 5.95 Å². The lowest BCUT2D eigenvalue weighted by Crippen LogP contribution is -2.49. The number of furan rings is 1. The van der Waals surface area contributed by atoms with Crippen molar-refractivity contribution in [2.75, 3.05) is 31.1 Å². The molecule has 0 aliphatic carbocycles. The second-order valence-electron chi connectivity index (χ2n) is 5.72. The maximum atomic E-state index is 12.9. The SMILES string of the molecule is Cc1oc2ccccc2c1C(=O)N1CCN(c2ncc[nH]2)CC1. The molecule has 0 bridgehead atoms. The Hall–Kier alpha value is -2.76. The minimum atomic E-state index is 0.0477. The molecule has 1 saturated heterocycles. The summed E-state index contributed by atoms with van der Waals surface area (Å²) in [7, 11) is 0. The number of anilines is 1. The summed E-state index contributed by atoms with van der Waals surface area (Å²) >= 11 is 0. The molecule has 1 fully saturated rings. The number of carbonyl (C=O) groups excluding carboxylic acids is 1. The fourth-order valence-corrected chi connectivity index (χ4v) is 3.14. The number of imidazole rings is 1. The molecule has 4 rings (SSSR count). The molecule has 0 spiro atoms. The minimum absolute atomic E-state index is 0.0477. The molecule has 2 aromatic heterocycles. The minimum Gasteiger partial charge on any atom is -0.461 e. The Labute approximate surface area is 133 Å². The summed E-state index contributed by atoms with van der Waals surface area (Å²) in [6, 6.07) is 7.69. The third-order valence-corrected chi connectivity index (χ3v) is 4.34. The Balaban J connectivity index is 1.55. The number of benzene rings is 1. The maximum Gasteiger partial charge on any atom is 0.258 e. The molecule has 1 aliphatic rings. The molecule has 0 saturated carbocycles. The molecule has 0 radical (unpaired) electrons. The van der Waals surface area contributed by atoms with Gasteiger partial charge in [0.25, 0.3) is 5.91 Å². The number of rotatable bonds is 2. The van der Waals surface area contributed by atoms with Gasteiger partial charge >= 0.3 is 0 Å². The summed E-state index contributed by atoms with van der Waals surface area (Å²) in [4.78, 5) is 24.3. The van der Waals surface area contributed by atoms with Gasteiger partial charge in [0.05, 0.1) is 5.56 Å². The van der Waals surface area contributed by atoms with E-state index in [9.17, 15) is 4.79 Å². The van der Waals surface area contributed by atoms with E-state index >= 15 is 0 Å². The van der Waals surface area contributed by atoms with Crippen molar-refractivity contribution in [1.82, 2.24) is 14.9 Å². The monoisotopic (exact) mass is 310 g/mol. The van der Waals surface area contributed by atoms with Crippen molar-refractivity contribution in [2.45, 2.75) is 6.92 Å². The van der Waals surface area contributed by atoms with Crippen LogP contribution in [0.3, 0.4) is 0 Å². The van der Waals surface area contributed by atoms with Crippen LogP contribution in [0, 0.1) is 6.92 Å². The van der Waals surface area contributed by atoms with E-state index in [1.165, 1.54) is 0 Å². The number of aromatic nitrogens is 2. The molecule has 1 N–H and O–H groups in total. The number of H-pyrrole nitrogens is 1. The van der Waals surface area contributed by atoms with Crippen LogP contribution in [-0.2, 0) is 0 Å². The average Bonchev–Trinajstić information content (AvgIpc) is 3.21. The van der Waals surface area contributed by atoms with Crippen molar-refractivity contribution in [3.8, 4) is 0 Å². The lowest BCUT2D eigenvalue weighted by molar-refractivity contribution is 0.0746. The molecule has 3 aromatic rings. The van der Waals surface area contributed by atoms with Crippen molar-refractivity contribution >= 4 is 22.8 Å². The number of carbonyl (C=O) groups is 1. The van der Waals surface area contributed by atoms with Crippen LogP contribution < -0.4 is 4.90 Å². The normalized spacial score (nSPS) is 15.3. The van der Waals surface area contributed by atoms with Gasteiger partial charge < -0.3 is 19.2 Å². The third-order valence-electron chi connectivity index (χ3n) is 4.34. The van der Waals surface area contributed by atoms with E-state index in [4.69, 9.17) is 4.42 Å². The van der Waals surface area contributed by atoms with Crippen LogP contribution in [-0.4, -0.2) is 47.0 Å². The number of piperazine rings is 1. The van der Waals surface area contributed by atoms with Gasteiger partial charge in [0.2, 0.25) is 5.95 Å². The van der Waals surface area contributed by atoms with E-state index < -0.39 is 0 Å². The smallest absolute Gasteiger partial charge is 0.258 e. The van der Waals surface area contributed by atoms with E-state index in [1.54, 1.807) is 6.20 Å². The van der Waals surface area contributed by atoms with Gasteiger partial charge in [0.1, 0.15) is 11.3 Å². The first kappa shape index (κ1) is 13.9. The Morgan fingerprint density at radius 2 is 2.00 bits per heavy atom. The molecule has 1 aromatic carbocycles. The fraction of sp³-hybridized carbons (Fsp3) is 0.294. The highest BCUT2D eigenvalue weighted by molar-refractivity contribution is 6.07. The molecule has 3 heterocycles. The zero-order chi connectivity index (χ0) is 15.8. The zero-order valence-corrected chi connectivity index (χ0v) is 13.0. The first-order valence-corrected chi connectivity index (χ1v) is 7.76. The van der Waals surface area contributed by atoms with Gasteiger partial charge in [-0.2, -0.15) is 0 Å². The number of nitrogens with one attached hydrogen (secondary N) is 1. The van der Waals surface area contributed by atoms with Gasteiger partial charge in [0, 0.05) is 44.0 Å². The van der Waals surface area contributed by atoms with Crippen molar-refractivity contribution < 1.29 is 9.21 Å². The van der Waals surface area contributed by atoms with Crippen LogP contribution in [0.5, 0.6) is 0 Å². The second kappa shape index (κ2) is 5.46. The summed E-state index contributed by atoms with van der Waals surface area (Å²) < 4.78 is 5.72. The van der Waals surface area contributed by atoms with E-state index in [1.807, 2.05) is 42.3 Å². The summed E-state index contributed by atoms with van der Waals surface area (Å²) in [5.41, 5.74) is 1.45. The van der Waals surface area contributed by atoms with E-state index in [0.717, 1.165) is 30.0 Å². The number of aryl methyl sites for hydroxylation is 1. The predicted octanol–water partition coefficient (Wildman–Crippen LogP) is 2.43. The molecule has 6 nitrogen and oxygen atoms in total. The Bertz CT molecular complexity index is 830. The van der Waals surface area contributed by atoms with Crippen molar-refractivity contribution in [1.29, 1.82) is 0 Å². The Kier molecular flexibility index (Phi) is 3.29. The summed E-state index contributed by atoms with van der Waals surface area (Å²) in [5, 5.41) is 0.892. The van der Waals surface area contributed by atoms with Gasteiger partial charge in [-0.05, 0) is 13.0 Å². The standard InChI is InChI=1S/C17H18N4O2/c1-12-15(13-4-2-3-5-14(13)23-12)16(22)20-8-10-21(11-9-20)17-18-6-7-19-17/h2-7H,8-11H2,1H3,(H,18,19). The van der Waals surface area contributed by atoms with Gasteiger partial charge in [-0.25, -0.2) is 4.98 Å². The first-order valence-electron chi connectivity index (χ1n) is 7.76. The van der Waals surface area contributed by atoms with Gasteiger partial charge in [-0.1, -0.05) is 18.2 Å². The number of hydrogen-bond acceptors (Lipinski definition) is 4. The Morgan fingerprint density at radius 3 is 2.74 bits per heavy atom. The second-order valence-corrected chi connectivity index (χ2v) is 5.72. The van der Waals surface area contributed by atoms with E-state index in [0.29, 0.717) is 24.4 Å². The number of aromatic amines is 1. The predicted molar refractivity (Wildman–Crippen MR) is 87.7 cm³/mol. The van der Waals surface area contributed by atoms with Crippen LogP contribution >= 0.6 is 0 Å². The molecule has 0 atom stereocenters. The highest BCUT2D eigenvalue weighted by Crippen LogP contribution is 2.27. The number of amides is 1. The van der Waals surface area contributed by atoms with Gasteiger partial charge in [0.15, 0.2) is 0 Å². The number of para-hydroxylation sites is 1. The van der Waals surface area contributed by atoms with Crippen molar-refractivity contribution in [3.05, 3.63) is 48.0 Å². The average molecular weight is 310 g/mol. The molecule has 1 amide bonds. The molecule has 23 heavy (non-hydrogen) atoms. The summed E-state index contributed by atoms with van der Waals surface area (Å²) in [6.07, 6.45) is 3.56. The molecule has 1 aliphatic heterocycles.